The number of fused-ring (bicyclic) bond motifs is 1. The number of aromatic nitrogens is 1. The molecule has 1 N–H and O–H groups in total. The second-order valence-electron chi connectivity index (χ2n) is 6.12. The Hall–Kier alpha value is -1.67. The van der Waals surface area contributed by atoms with Crippen LogP contribution < -0.4 is 5.32 Å². The Morgan fingerprint density at radius 3 is 2.87 bits per heavy atom. The van der Waals surface area contributed by atoms with E-state index in [4.69, 9.17) is 0 Å². The Balaban J connectivity index is 1.73. The monoisotopic (exact) mass is 338 g/mol. The van der Waals surface area contributed by atoms with Gasteiger partial charge in [-0.3, -0.25) is 4.98 Å². The maximum Gasteiger partial charge on any atom is 0.317 e. The molecule has 0 saturated carbocycles. The summed E-state index contributed by atoms with van der Waals surface area (Å²) < 4.78 is 27.2. The van der Waals surface area contributed by atoms with Crippen molar-refractivity contribution in [2.45, 2.75) is 24.6 Å². The van der Waals surface area contributed by atoms with Gasteiger partial charge in [0, 0.05) is 45.6 Å². The van der Waals surface area contributed by atoms with E-state index >= 15 is 0 Å². The fraction of sp³-hybridized carbons (Fsp3) is 0.600. The van der Waals surface area contributed by atoms with Gasteiger partial charge in [-0.2, -0.15) is 4.31 Å². The molecule has 126 valence electrons. The van der Waals surface area contributed by atoms with Crippen LogP contribution in [0.25, 0.3) is 0 Å². The third-order valence-corrected chi connectivity index (χ3v) is 7.13. The first-order valence-electron chi connectivity index (χ1n) is 7.87. The van der Waals surface area contributed by atoms with E-state index in [1.165, 1.54) is 0 Å². The number of nitrogens with one attached hydrogen (secondary N) is 1. The molecule has 0 aromatic carbocycles. The largest absolute Gasteiger partial charge is 0.341 e. The summed E-state index contributed by atoms with van der Waals surface area (Å²) in [7, 11) is -1.72. The fourth-order valence-corrected chi connectivity index (χ4v) is 5.73. The van der Waals surface area contributed by atoms with Crippen molar-refractivity contribution in [3.8, 4) is 0 Å². The minimum Gasteiger partial charge on any atom is -0.341 e. The van der Waals surface area contributed by atoms with Crippen LogP contribution in [0.2, 0.25) is 0 Å². The van der Waals surface area contributed by atoms with Crippen LogP contribution in [0, 0.1) is 5.92 Å². The van der Waals surface area contributed by atoms with Gasteiger partial charge < -0.3 is 10.2 Å². The third-order valence-electron chi connectivity index (χ3n) is 4.74. The molecule has 0 spiro atoms. The number of nitrogens with zero attached hydrogens (tertiary/aromatic N) is 3. The molecule has 23 heavy (non-hydrogen) atoms. The van der Waals surface area contributed by atoms with Gasteiger partial charge in [-0.05, 0) is 30.4 Å². The molecule has 1 aromatic heterocycles. The van der Waals surface area contributed by atoms with E-state index in [2.05, 4.69) is 10.3 Å². The topological polar surface area (TPSA) is 82.6 Å². The number of likely N-dealkylation sites (tertiary alicyclic amines) is 1. The molecule has 8 heteroatoms. The number of hydrogen-bond donors (Lipinski definition) is 1. The zero-order valence-electron chi connectivity index (χ0n) is 13.2. The number of hydrogen-bond acceptors (Lipinski definition) is 4. The number of carbonyl (C=O) groups excluding carboxylic acids is 1. The van der Waals surface area contributed by atoms with E-state index in [-0.39, 0.29) is 17.2 Å². The van der Waals surface area contributed by atoms with Crippen LogP contribution in [0.15, 0.2) is 24.5 Å². The lowest BCUT2D eigenvalue weighted by Gasteiger charge is -2.21. The first kappa shape index (κ1) is 16.2. The van der Waals surface area contributed by atoms with Crippen molar-refractivity contribution < 1.29 is 13.2 Å². The summed E-state index contributed by atoms with van der Waals surface area (Å²) in [6, 6.07) is 3.58. The van der Waals surface area contributed by atoms with Crippen LogP contribution in [-0.4, -0.2) is 60.6 Å². The van der Waals surface area contributed by atoms with Crippen LogP contribution >= 0.6 is 0 Å². The molecular formula is C15H22N4O3S. The second-order valence-corrected chi connectivity index (χ2v) is 8.27. The molecule has 2 atom stereocenters. The summed E-state index contributed by atoms with van der Waals surface area (Å²) in [6.45, 7) is 2.00. The molecule has 0 bridgehead atoms. The van der Waals surface area contributed by atoms with Crippen molar-refractivity contribution in [3.05, 3.63) is 30.1 Å². The Morgan fingerprint density at radius 2 is 2.17 bits per heavy atom. The second kappa shape index (κ2) is 6.45. The molecule has 0 unspecified atom stereocenters. The molecule has 3 rings (SSSR count). The maximum atomic E-state index is 12.8. The molecule has 2 aliphatic heterocycles. The summed E-state index contributed by atoms with van der Waals surface area (Å²) in [4.78, 5) is 17.5. The summed E-state index contributed by atoms with van der Waals surface area (Å²) in [6.07, 6.45) is 4.61. The molecule has 2 fully saturated rings. The highest BCUT2D eigenvalue weighted by Crippen LogP contribution is 2.35. The Kier molecular flexibility index (Phi) is 4.54. The van der Waals surface area contributed by atoms with Gasteiger partial charge in [0.15, 0.2) is 0 Å². The Morgan fingerprint density at radius 1 is 1.39 bits per heavy atom. The fourth-order valence-electron chi connectivity index (χ4n) is 3.51. The van der Waals surface area contributed by atoms with E-state index in [0.29, 0.717) is 32.6 Å². The lowest BCUT2D eigenvalue weighted by atomic mass is 10.0. The number of carbonyl (C=O) groups is 1. The van der Waals surface area contributed by atoms with Gasteiger partial charge in [-0.25, -0.2) is 13.2 Å². The van der Waals surface area contributed by atoms with Crippen LogP contribution in [-0.2, 0) is 16.6 Å². The average Bonchev–Trinajstić information content (AvgIpc) is 2.71. The number of sulfonamides is 1. The first-order chi connectivity index (χ1) is 11.0. The van der Waals surface area contributed by atoms with Gasteiger partial charge in [0.05, 0.1) is 5.25 Å². The molecule has 3 heterocycles. The summed E-state index contributed by atoms with van der Waals surface area (Å²) in [5, 5.41) is 2.23. The highest BCUT2D eigenvalue weighted by atomic mass is 32.2. The van der Waals surface area contributed by atoms with Gasteiger partial charge >= 0.3 is 6.03 Å². The summed E-state index contributed by atoms with van der Waals surface area (Å²) >= 11 is 0. The quantitative estimate of drug-likeness (QED) is 0.858. The third kappa shape index (κ3) is 3.18. The van der Waals surface area contributed by atoms with Gasteiger partial charge in [-0.15, -0.1) is 0 Å². The molecule has 1 aromatic rings. The number of rotatable bonds is 2. The average molecular weight is 338 g/mol. The van der Waals surface area contributed by atoms with E-state index in [0.717, 1.165) is 12.0 Å². The highest BCUT2D eigenvalue weighted by Gasteiger charge is 2.47. The SMILES string of the molecule is CNC(=O)N1CC[C@@H]2CN(Cc3cccnc3)S(=O)(=O)[C@@H]2CC1. The van der Waals surface area contributed by atoms with Crippen molar-refractivity contribution in [1.29, 1.82) is 0 Å². The predicted octanol–water partition coefficient (Wildman–Crippen LogP) is 0.647. The van der Waals surface area contributed by atoms with Crippen molar-refractivity contribution in [2.75, 3.05) is 26.7 Å². The van der Waals surface area contributed by atoms with Crippen molar-refractivity contribution in [2.24, 2.45) is 5.92 Å². The normalized spacial score (nSPS) is 27.3. The van der Waals surface area contributed by atoms with Crippen LogP contribution in [0.3, 0.4) is 0 Å². The molecule has 2 saturated heterocycles. The zero-order chi connectivity index (χ0) is 16.4. The molecule has 2 aliphatic rings. The van der Waals surface area contributed by atoms with Crippen molar-refractivity contribution in [1.82, 2.24) is 19.5 Å². The number of pyridine rings is 1. The number of amides is 2. The summed E-state index contributed by atoms with van der Waals surface area (Å²) in [5.41, 5.74) is 0.902. The summed E-state index contributed by atoms with van der Waals surface area (Å²) in [5.74, 6) is 0.0892. The highest BCUT2D eigenvalue weighted by molar-refractivity contribution is 7.90. The maximum absolute atomic E-state index is 12.8. The van der Waals surface area contributed by atoms with E-state index in [9.17, 15) is 13.2 Å². The van der Waals surface area contributed by atoms with Gasteiger partial charge in [0.2, 0.25) is 10.0 Å². The number of urea groups is 1. The Bertz CT molecular complexity index is 665. The lowest BCUT2D eigenvalue weighted by molar-refractivity contribution is 0.201. The van der Waals surface area contributed by atoms with Gasteiger partial charge in [0.25, 0.3) is 0 Å². The minimum absolute atomic E-state index is 0.0892. The van der Waals surface area contributed by atoms with Crippen LogP contribution in [0.1, 0.15) is 18.4 Å². The standard InChI is InChI=1S/C15H22N4O3S/c1-16-15(20)18-7-4-13-11-19(10-12-3-2-6-17-9-12)23(21,22)14(13)5-8-18/h2-3,6,9,13-14H,4-5,7-8,10-11H2,1H3,(H,16,20)/t13-,14-/m1/s1. The lowest BCUT2D eigenvalue weighted by Crippen LogP contribution is -2.39. The van der Waals surface area contributed by atoms with Gasteiger partial charge in [-0.1, -0.05) is 6.07 Å². The zero-order valence-corrected chi connectivity index (χ0v) is 14.0. The molecule has 7 nitrogen and oxygen atoms in total. The van der Waals surface area contributed by atoms with Crippen molar-refractivity contribution in [3.63, 3.8) is 0 Å². The van der Waals surface area contributed by atoms with Crippen LogP contribution in [0.4, 0.5) is 4.79 Å². The van der Waals surface area contributed by atoms with E-state index in [1.54, 1.807) is 28.6 Å². The van der Waals surface area contributed by atoms with Crippen LogP contribution in [0.5, 0.6) is 0 Å². The molecule has 0 aliphatic carbocycles. The smallest absolute Gasteiger partial charge is 0.317 e. The Labute approximate surface area is 136 Å². The predicted molar refractivity (Wildman–Crippen MR) is 86.1 cm³/mol. The molecule has 2 amide bonds. The van der Waals surface area contributed by atoms with Crippen molar-refractivity contribution >= 4 is 16.1 Å². The molecular weight excluding hydrogens is 316 g/mol. The molecule has 0 radical (unpaired) electrons. The van der Waals surface area contributed by atoms with Gasteiger partial charge in [0.1, 0.15) is 0 Å². The first-order valence-corrected chi connectivity index (χ1v) is 9.37. The van der Waals surface area contributed by atoms with E-state index in [1.807, 2.05) is 12.1 Å². The van der Waals surface area contributed by atoms with E-state index < -0.39 is 10.0 Å². The minimum atomic E-state index is -3.32.